The Morgan fingerprint density at radius 2 is 2.00 bits per heavy atom. The van der Waals surface area contributed by atoms with Crippen molar-refractivity contribution in [3.05, 3.63) is 29.3 Å². The van der Waals surface area contributed by atoms with Crippen LogP contribution in [0.1, 0.15) is 23.6 Å². The zero-order valence-electron chi connectivity index (χ0n) is 8.48. The van der Waals surface area contributed by atoms with Crippen molar-refractivity contribution >= 4 is 5.97 Å². The molecule has 16 heavy (non-hydrogen) atoms. The maximum absolute atomic E-state index is 12.6. The molecule has 0 saturated heterocycles. The molecule has 0 heterocycles. The maximum atomic E-state index is 12.6. The van der Waals surface area contributed by atoms with E-state index in [-0.39, 0.29) is 16.9 Å². The fraction of sp³-hybridized carbons (Fsp3) is 0.300. The number of aliphatic carboxylic acids is 1. The standard InChI is InChI=1S/C10H11F2NO3/c1-16-8-5(7(13)10(14)15)3-2-4-6(8)9(11)12/h2-4,7,9H,13H2,1H3,(H,14,15). The fourth-order valence-corrected chi connectivity index (χ4v) is 1.36. The summed E-state index contributed by atoms with van der Waals surface area (Å²) in [4.78, 5) is 10.7. The molecular formula is C10H11F2NO3. The lowest BCUT2D eigenvalue weighted by atomic mass is 10.0. The molecule has 1 atom stereocenters. The third kappa shape index (κ3) is 2.27. The van der Waals surface area contributed by atoms with Crippen LogP contribution >= 0.6 is 0 Å². The molecule has 0 amide bonds. The molecule has 0 radical (unpaired) electrons. The Hall–Kier alpha value is -1.69. The third-order valence-corrected chi connectivity index (χ3v) is 2.12. The van der Waals surface area contributed by atoms with E-state index < -0.39 is 18.4 Å². The van der Waals surface area contributed by atoms with Gasteiger partial charge in [0.2, 0.25) is 0 Å². The summed E-state index contributed by atoms with van der Waals surface area (Å²) in [5.41, 5.74) is 5.03. The van der Waals surface area contributed by atoms with Crippen LogP contribution in [-0.4, -0.2) is 18.2 Å². The van der Waals surface area contributed by atoms with Crippen LogP contribution in [-0.2, 0) is 4.79 Å². The van der Waals surface area contributed by atoms with E-state index in [0.29, 0.717) is 0 Å². The van der Waals surface area contributed by atoms with E-state index in [9.17, 15) is 13.6 Å². The van der Waals surface area contributed by atoms with Gasteiger partial charge >= 0.3 is 5.97 Å². The number of methoxy groups -OCH3 is 1. The lowest BCUT2D eigenvalue weighted by Gasteiger charge is -2.15. The lowest BCUT2D eigenvalue weighted by Crippen LogP contribution is -2.21. The predicted octanol–water partition coefficient (Wildman–Crippen LogP) is 1.72. The molecule has 3 N–H and O–H groups in total. The summed E-state index contributed by atoms with van der Waals surface area (Å²) in [5, 5.41) is 8.72. The largest absolute Gasteiger partial charge is 0.496 e. The molecule has 0 aliphatic carbocycles. The van der Waals surface area contributed by atoms with Gasteiger partial charge in [0, 0.05) is 5.56 Å². The van der Waals surface area contributed by atoms with Gasteiger partial charge in [-0.3, -0.25) is 4.79 Å². The first kappa shape index (κ1) is 12.4. The van der Waals surface area contributed by atoms with Crippen molar-refractivity contribution in [2.75, 3.05) is 7.11 Å². The average molecular weight is 231 g/mol. The highest BCUT2D eigenvalue weighted by atomic mass is 19.3. The van der Waals surface area contributed by atoms with Gasteiger partial charge in [-0.05, 0) is 6.07 Å². The molecule has 1 unspecified atom stereocenters. The minimum absolute atomic E-state index is 0.0350. The SMILES string of the molecule is COc1c(C(F)F)cccc1C(N)C(=O)O. The van der Waals surface area contributed by atoms with Crippen LogP contribution in [0.2, 0.25) is 0 Å². The predicted molar refractivity (Wildman–Crippen MR) is 52.5 cm³/mol. The molecule has 88 valence electrons. The van der Waals surface area contributed by atoms with Gasteiger partial charge in [-0.2, -0.15) is 0 Å². The summed E-state index contributed by atoms with van der Waals surface area (Å²) in [7, 11) is 1.19. The Balaban J connectivity index is 3.29. The quantitative estimate of drug-likeness (QED) is 0.827. The lowest BCUT2D eigenvalue weighted by molar-refractivity contribution is -0.138. The molecular weight excluding hydrogens is 220 g/mol. The summed E-state index contributed by atoms with van der Waals surface area (Å²) in [6, 6.07) is 2.46. The Labute approximate surface area is 90.6 Å². The van der Waals surface area contributed by atoms with E-state index in [1.54, 1.807) is 0 Å². The van der Waals surface area contributed by atoms with Gasteiger partial charge < -0.3 is 15.6 Å². The number of carbonyl (C=O) groups is 1. The molecule has 0 aromatic heterocycles. The van der Waals surface area contributed by atoms with Crippen molar-refractivity contribution in [2.45, 2.75) is 12.5 Å². The fourth-order valence-electron chi connectivity index (χ4n) is 1.36. The highest BCUT2D eigenvalue weighted by Crippen LogP contribution is 2.34. The Morgan fingerprint density at radius 1 is 1.44 bits per heavy atom. The minimum Gasteiger partial charge on any atom is -0.496 e. The number of carboxylic acid groups (broad SMARTS) is 1. The second-order valence-corrected chi connectivity index (χ2v) is 3.09. The van der Waals surface area contributed by atoms with Gasteiger partial charge in [0.1, 0.15) is 11.8 Å². The number of hydrogen-bond acceptors (Lipinski definition) is 3. The minimum atomic E-state index is -2.74. The molecule has 0 saturated carbocycles. The Morgan fingerprint density at radius 3 is 2.44 bits per heavy atom. The third-order valence-electron chi connectivity index (χ3n) is 2.12. The maximum Gasteiger partial charge on any atom is 0.325 e. The first-order valence-corrected chi connectivity index (χ1v) is 4.42. The number of carboxylic acids is 1. The van der Waals surface area contributed by atoms with Crippen molar-refractivity contribution in [1.82, 2.24) is 0 Å². The van der Waals surface area contributed by atoms with Gasteiger partial charge in [-0.25, -0.2) is 8.78 Å². The van der Waals surface area contributed by atoms with Crippen molar-refractivity contribution in [1.29, 1.82) is 0 Å². The number of nitrogens with two attached hydrogens (primary N) is 1. The Bertz CT molecular complexity index is 396. The van der Waals surface area contributed by atoms with E-state index in [2.05, 4.69) is 0 Å². The smallest absolute Gasteiger partial charge is 0.325 e. The number of rotatable bonds is 4. The van der Waals surface area contributed by atoms with Crippen molar-refractivity contribution in [3.63, 3.8) is 0 Å². The van der Waals surface area contributed by atoms with E-state index in [1.807, 2.05) is 0 Å². The number of hydrogen-bond donors (Lipinski definition) is 2. The van der Waals surface area contributed by atoms with Gasteiger partial charge in [0.15, 0.2) is 0 Å². The zero-order chi connectivity index (χ0) is 12.3. The molecule has 1 rings (SSSR count). The number of para-hydroxylation sites is 1. The van der Waals surface area contributed by atoms with Crippen LogP contribution in [0.5, 0.6) is 5.75 Å². The van der Waals surface area contributed by atoms with Crippen LogP contribution in [0, 0.1) is 0 Å². The second-order valence-electron chi connectivity index (χ2n) is 3.09. The van der Waals surface area contributed by atoms with Crippen LogP contribution < -0.4 is 10.5 Å². The first-order valence-electron chi connectivity index (χ1n) is 4.42. The molecule has 6 heteroatoms. The normalized spacial score (nSPS) is 12.6. The van der Waals surface area contributed by atoms with Crippen molar-refractivity contribution in [3.8, 4) is 5.75 Å². The van der Waals surface area contributed by atoms with Gasteiger partial charge in [-0.15, -0.1) is 0 Å². The molecule has 0 fully saturated rings. The second kappa shape index (κ2) is 4.89. The van der Waals surface area contributed by atoms with E-state index in [4.69, 9.17) is 15.6 Å². The highest BCUT2D eigenvalue weighted by molar-refractivity contribution is 5.76. The summed E-state index contributed by atoms with van der Waals surface area (Å²) >= 11 is 0. The van der Waals surface area contributed by atoms with Gasteiger partial charge in [0.05, 0.1) is 12.7 Å². The van der Waals surface area contributed by atoms with E-state index in [1.165, 1.54) is 25.3 Å². The summed E-state index contributed by atoms with van der Waals surface area (Å²) in [6.45, 7) is 0. The summed E-state index contributed by atoms with van der Waals surface area (Å²) in [6.07, 6.45) is -2.74. The van der Waals surface area contributed by atoms with E-state index >= 15 is 0 Å². The molecule has 0 aliphatic rings. The van der Waals surface area contributed by atoms with Crippen molar-refractivity contribution < 1.29 is 23.4 Å². The first-order chi connectivity index (χ1) is 7.49. The zero-order valence-corrected chi connectivity index (χ0v) is 8.48. The molecule has 1 aromatic rings. The average Bonchev–Trinajstić information content (AvgIpc) is 2.26. The molecule has 4 nitrogen and oxygen atoms in total. The molecule has 0 aliphatic heterocycles. The van der Waals surface area contributed by atoms with Crippen LogP contribution in [0.15, 0.2) is 18.2 Å². The van der Waals surface area contributed by atoms with Crippen molar-refractivity contribution in [2.24, 2.45) is 5.73 Å². The Kier molecular flexibility index (Phi) is 3.78. The monoisotopic (exact) mass is 231 g/mol. The number of alkyl halides is 2. The highest BCUT2D eigenvalue weighted by Gasteiger charge is 2.23. The number of ether oxygens (including phenoxy) is 1. The number of benzene rings is 1. The van der Waals surface area contributed by atoms with E-state index in [0.717, 1.165) is 0 Å². The van der Waals surface area contributed by atoms with Crippen LogP contribution in [0.25, 0.3) is 0 Å². The molecule has 0 spiro atoms. The molecule has 0 bridgehead atoms. The van der Waals surface area contributed by atoms with Crippen LogP contribution in [0.4, 0.5) is 8.78 Å². The number of halogens is 2. The van der Waals surface area contributed by atoms with Crippen LogP contribution in [0.3, 0.4) is 0 Å². The molecule has 1 aromatic carbocycles. The van der Waals surface area contributed by atoms with Gasteiger partial charge in [-0.1, -0.05) is 12.1 Å². The topological polar surface area (TPSA) is 72.5 Å². The van der Waals surface area contributed by atoms with Gasteiger partial charge in [0.25, 0.3) is 6.43 Å². The summed E-state index contributed by atoms with van der Waals surface area (Å²) in [5.74, 6) is -1.47. The summed E-state index contributed by atoms with van der Waals surface area (Å²) < 4.78 is 30.0.